The molecule has 0 amide bonds. The second kappa shape index (κ2) is 3.54. The zero-order valence-electron chi connectivity index (χ0n) is 8.36. The van der Waals surface area contributed by atoms with Crippen LogP contribution in [0.2, 0.25) is 0 Å². The smallest absolute Gasteiger partial charge is 0.0549 e. The molecule has 0 aliphatic rings. The van der Waals surface area contributed by atoms with Gasteiger partial charge in [-0.25, -0.2) is 0 Å². The molecule has 1 heterocycles. The number of fused-ring (bicyclic) bond motifs is 1. The van der Waals surface area contributed by atoms with Gasteiger partial charge in [-0.05, 0) is 12.1 Å². The van der Waals surface area contributed by atoms with E-state index in [0.29, 0.717) is 0 Å². The average Bonchev–Trinajstić information content (AvgIpc) is 2.62. The van der Waals surface area contributed by atoms with Crippen LogP contribution >= 0.6 is 0 Å². The molecule has 0 aliphatic heterocycles. The lowest BCUT2D eigenvalue weighted by atomic mass is 10.1. The van der Waals surface area contributed by atoms with E-state index in [1.54, 1.807) is 5.01 Å². The minimum absolute atomic E-state index is 1.14. The summed E-state index contributed by atoms with van der Waals surface area (Å²) >= 11 is 0. The molecule has 0 fully saturated rings. The number of nitrogens with one attached hydrogen (secondary N) is 1. The molecule has 1 N–H and O–H groups in total. The van der Waals surface area contributed by atoms with Crippen molar-refractivity contribution in [2.75, 3.05) is 14.1 Å². The van der Waals surface area contributed by atoms with Gasteiger partial charge in [0, 0.05) is 36.8 Å². The van der Waals surface area contributed by atoms with E-state index in [1.165, 1.54) is 5.39 Å². The summed E-state index contributed by atoms with van der Waals surface area (Å²) in [6, 6.07) is 8.20. The van der Waals surface area contributed by atoms with Crippen molar-refractivity contribution in [3.8, 4) is 0 Å². The quantitative estimate of drug-likeness (QED) is 0.566. The van der Waals surface area contributed by atoms with E-state index >= 15 is 0 Å². The van der Waals surface area contributed by atoms with Gasteiger partial charge in [-0.15, -0.1) is 0 Å². The first-order valence-corrected chi connectivity index (χ1v) is 4.55. The second-order valence-electron chi connectivity index (χ2n) is 3.38. The Morgan fingerprint density at radius 2 is 2.14 bits per heavy atom. The Bertz CT molecular complexity index is 454. The molecule has 0 radical (unpaired) electrons. The van der Waals surface area contributed by atoms with Crippen molar-refractivity contribution in [1.29, 1.82) is 0 Å². The van der Waals surface area contributed by atoms with Crippen LogP contribution < -0.4 is 0 Å². The van der Waals surface area contributed by atoms with Crippen LogP contribution in [0.5, 0.6) is 0 Å². The number of H-pyrrole nitrogens is 1. The number of aromatic amines is 1. The number of hydrogen-bond acceptors (Lipinski definition) is 2. The summed E-state index contributed by atoms with van der Waals surface area (Å²) in [5, 5.41) is 7.21. The molecule has 1 aromatic carbocycles. The molecule has 3 nitrogen and oxygen atoms in total. The fraction of sp³-hybridized carbons (Fsp3) is 0.182. The minimum atomic E-state index is 1.14. The zero-order valence-corrected chi connectivity index (χ0v) is 8.36. The van der Waals surface area contributed by atoms with Crippen LogP contribution in [0.15, 0.2) is 35.6 Å². The lowest BCUT2D eigenvalue weighted by Gasteiger charge is -2.02. The van der Waals surface area contributed by atoms with E-state index in [0.717, 1.165) is 11.1 Å². The van der Waals surface area contributed by atoms with Crippen molar-refractivity contribution in [2.45, 2.75) is 0 Å². The monoisotopic (exact) mass is 187 g/mol. The van der Waals surface area contributed by atoms with Gasteiger partial charge in [-0.3, -0.25) is 0 Å². The number of hydrazone groups is 1. The summed E-state index contributed by atoms with van der Waals surface area (Å²) in [6.07, 6.45) is 3.81. The van der Waals surface area contributed by atoms with E-state index in [-0.39, 0.29) is 0 Å². The van der Waals surface area contributed by atoms with Crippen LogP contribution in [-0.2, 0) is 0 Å². The average molecular weight is 187 g/mol. The second-order valence-corrected chi connectivity index (χ2v) is 3.38. The number of nitrogens with zero attached hydrogens (tertiary/aromatic N) is 2. The lowest BCUT2D eigenvalue weighted by molar-refractivity contribution is 0.440. The maximum Gasteiger partial charge on any atom is 0.0549 e. The largest absolute Gasteiger partial charge is 0.361 e. The van der Waals surface area contributed by atoms with Crippen LogP contribution in [0, 0.1) is 0 Å². The van der Waals surface area contributed by atoms with Crippen molar-refractivity contribution < 1.29 is 0 Å². The predicted octanol–water partition coefficient (Wildman–Crippen LogP) is 2.06. The molecule has 0 atom stereocenters. The van der Waals surface area contributed by atoms with Gasteiger partial charge in [0.05, 0.1) is 6.21 Å². The molecule has 1 aromatic heterocycles. The summed E-state index contributed by atoms with van der Waals surface area (Å²) in [5.41, 5.74) is 2.28. The van der Waals surface area contributed by atoms with Crippen molar-refractivity contribution in [2.24, 2.45) is 5.10 Å². The van der Waals surface area contributed by atoms with Gasteiger partial charge in [0.1, 0.15) is 0 Å². The van der Waals surface area contributed by atoms with Gasteiger partial charge in [0.15, 0.2) is 0 Å². The van der Waals surface area contributed by atoms with Gasteiger partial charge >= 0.3 is 0 Å². The number of rotatable bonds is 2. The van der Waals surface area contributed by atoms with Gasteiger partial charge in [0.2, 0.25) is 0 Å². The molecule has 14 heavy (non-hydrogen) atoms. The molecule has 0 saturated carbocycles. The summed E-state index contributed by atoms with van der Waals surface area (Å²) in [4.78, 5) is 3.17. The Labute approximate surface area is 83.0 Å². The Hall–Kier alpha value is -1.77. The topological polar surface area (TPSA) is 31.4 Å². The van der Waals surface area contributed by atoms with Crippen molar-refractivity contribution in [1.82, 2.24) is 9.99 Å². The van der Waals surface area contributed by atoms with Crippen molar-refractivity contribution in [3.05, 3.63) is 36.0 Å². The Balaban J connectivity index is 2.46. The molecule has 2 aromatic rings. The molecular weight excluding hydrogens is 174 g/mol. The summed E-state index contributed by atoms with van der Waals surface area (Å²) in [7, 11) is 3.82. The lowest BCUT2D eigenvalue weighted by Crippen LogP contribution is -2.01. The molecule has 0 unspecified atom stereocenters. The Morgan fingerprint density at radius 3 is 2.93 bits per heavy atom. The number of aromatic nitrogens is 1. The van der Waals surface area contributed by atoms with E-state index in [1.807, 2.05) is 32.6 Å². The first-order valence-electron chi connectivity index (χ1n) is 4.55. The molecule has 3 heteroatoms. The first kappa shape index (κ1) is 8.81. The molecule has 0 aliphatic carbocycles. The highest BCUT2D eigenvalue weighted by molar-refractivity contribution is 5.98. The van der Waals surface area contributed by atoms with E-state index in [2.05, 4.69) is 28.3 Å². The summed E-state index contributed by atoms with van der Waals surface area (Å²) in [6.45, 7) is 0. The molecule has 0 saturated heterocycles. The van der Waals surface area contributed by atoms with Crippen LogP contribution in [0.1, 0.15) is 5.56 Å². The molecule has 0 spiro atoms. The first-order chi connectivity index (χ1) is 6.77. The number of hydrogen-bond donors (Lipinski definition) is 1. The summed E-state index contributed by atoms with van der Waals surface area (Å²) in [5.74, 6) is 0. The van der Waals surface area contributed by atoms with Crippen LogP contribution in [0.25, 0.3) is 10.9 Å². The highest BCUT2D eigenvalue weighted by Gasteiger charge is 1.97. The van der Waals surface area contributed by atoms with Crippen molar-refractivity contribution in [3.63, 3.8) is 0 Å². The fourth-order valence-electron chi connectivity index (χ4n) is 1.40. The predicted molar refractivity (Wildman–Crippen MR) is 59.6 cm³/mol. The summed E-state index contributed by atoms with van der Waals surface area (Å²) < 4.78 is 0. The maximum absolute atomic E-state index is 4.22. The third-order valence-electron chi connectivity index (χ3n) is 2.06. The molecule has 0 bridgehead atoms. The van der Waals surface area contributed by atoms with E-state index in [9.17, 15) is 0 Å². The normalized spacial score (nSPS) is 11.3. The third-order valence-corrected chi connectivity index (χ3v) is 2.06. The van der Waals surface area contributed by atoms with Crippen LogP contribution in [-0.4, -0.2) is 30.3 Å². The Morgan fingerprint density at radius 1 is 1.29 bits per heavy atom. The van der Waals surface area contributed by atoms with Gasteiger partial charge in [-0.2, -0.15) is 5.10 Å². The minimum Gasteiger partial charge on any atom is -0.361 e. The fourth-order valence-corrected chi connectivity index (χ4v) is 1.40. The van der Waals surface area contributed by atoms with E-state index < -0.39 is 0 Å². The maximum atomic E-state index is 4.22. The van der Waals surface area contributed by atoms with Gasteiger partial charge in [-0.1, -0.05) is 12.1 Å². The molecular formula is C11H13N3. The highest BCUT2D eigenvalue weighted by atomic mass is 15.4. The molecule has 2 rings (SSSR count). The SMILES string of the molecule is CN(C)/N=C/c1cccc2[nH]ccc12. The molecule has 72 valence electrons. The van der Waals surface area contributed by atoms with Gasteiger partial charge < -0.3 is 9.99 Å². The van der Waals surface area contributed by atoms with Crippen LogP contribution in [0.3, 0.4) is 0 Å². The number of benzene rings is 1. The Kier molecular flexibility index (Phi) is 2.23. The standard InChI is InChI=1S/C11H13N3/c1-14(2)13-8-9-4-3-5-11-10(9)6-7-12-11/h3-8,12H,1-2H3/b13-8+. The van der Waals surface area contributed by atoms with Crippen molar-refractivity contribution >= 4 is 17.1 Å². The third kappa shape index (κ3) is 1.62. The van der Waals surface area contributed by atoms with E-state index in [4.69, 9.17) is 0 Å². The van der Waals surface area contributed by atoms with Gasteiger partial charge in [0.25, 0.3) is 0 Å². The zero-order chi connectivity index (χ0) is 9.97. The highest BCUT2D eigenvalue weighted by Crippen LogP contribution is 2.15. The van der Waals surface area contributed by atoms with Crippen LogP contribution in [0.4, 0.5) is 0 Å².